The summed E-state index contributed by atoms with van der Waals surface area (Å²) in [6.45, 7) is 0.184. The van der Waals surface area contributed by atoms with E-state index in [4.69, 9.17) is 16.9 Å². The molecule has 0 amide bonds. The van der Waals surface area contributed by atoms with Crippen molar-refractivity contribution in [3.63, 3.8) is 0 Å². The lowest BCUT2D eigenvalue weighted by molar-refractivity contribution is 0.609. The van der Waals surface area contributed by atoms with E-state index in [1.54, 1.807) is 18.2 Å². The normalized spacial score (nSPS) is 10.0. The summed E-state index contributed by atoms with van der Waals surface area (Å²) in [4.78, 5) is 0. The SMILES string of the molecule is N#Cc1cccc(CNc2ccc(F)c(Cl)c2)c1F. The van der Waals surface area contributed by atoms with Crippen LogP contribution in [-0.4, -0.2) is 0 Å². The number of hydrogen-bond donors (Lipinski definition) is 1. The van der Waals surface area contributed by atoms with Crippen molar-refractivity contribution in [2.75, 3.05) is 5.32 Å². The van der Waals surface area contributed by atoms with Gasteiger partial charge in [-0.1, -0.05) is 23.7 Å². The smallest absolute Gasteiger partial charge is 0.145 e. The van der Waals surface area contributed by atoms with E-state index in [1.165, 1.54) is 24.3 Å². The quantitative estimate of drug-likeness (QED) is 0.917. The average molecular weight is 279 g/mol. The molecule has 2 aromatic carbocycles. The first-order chi connectivity index (χ1) is 9.11. The fourth-order valence-electron chi connectivity index (χ4n) is 1.61. The third-order valence-electron chi connectivity index (χ3n) is 2.60. The topological polar surface area (TPSA) is 35.8 Å². The predicted octanol–water partition coefficient (Wildman–Crippen LogP) is 4.10. The van der Waals surface area contributed by atoms with Crippen LogP contribution in [0.4, 0.5) is 14.5 Å². The fourth-order valence-corrected chi connectivity index (χ4v) is 1.79. The van der Waals surface area contributed by atoms with Crippen molar-refractivity contribution in [2.45, 2.75) is 6.54 Å². The van der Waals surface area contributed by atoms with Crippen molar-refractivity contribution in [2.24, 2.45) is 0 Å². The molecule has 0 fully saturated rings. The summed E-state index contributed by atoms with van der Waals surface area (Å²) in [5.74, 6) is -1.06. The van der Waals surface area contributed by atoms with E-state index in [0.29, 0.717) is 11.3 Å². The number of nitrogens with zero attached hydrogens (tertiary/aromatic N) is 1. The van der Waals surface area contributed by atoms with Gasteiger partial charge in [0, 0.05) is 17.8 Å². The van der Waals surface area contributed by atoms with Crippen molar-refractivity contribution in [3.8, 4) is 6.07 Å². The van der Waals surface area contributed by atoms with Crippen LogP contribution in [-0.2, 0) is 6.54 Å². The van der Waals surface area contributed by atoms with Crippen molar-refractivity contribution in [3.05, 3.63) is 64.2 Å². The molecule has 0 aromatic heterocycles. The van der Waals surface area contributed by atoms with E-state index in [0.717, 1.165) is 0 Å². The van der Waals surface area contributed by atoms with Gasteiger partial charge in [-0.15, -0.1) is 0 Å². The minimum Gasteiger partial charge on any atom is -0.381 e. The third-order valence-corrected chi connectivity index (χ3v) is 2.89. The van der Waals surface area contributed by atoms with Gasteiger partial charge in [0.05, 0.1) is 10.6 Å². The molecule has 0 aliphatic heterocycles. The third kappa shape index (κ3) is 3.01. The maximum Gasteiger partial charge on any atom is 0.145 e. The molecular weight excluding hydrogens is 270 g/mol. The monoisotopic (exact) mass is 278 g/mol. The number of rotatable bonds is 3. The first-order valence-electron chi connectivity index (χ1n) is 5.48. The standard InChI is InChI=1S/C14H9ClF2N2/c15-12-6-11(4-5-13(12)16)19-8-10-3-1-2-9(7-18)14(10)17/h1-6,19H,8H2. The van der Waals surface area contributed by atoms with Gasteiger partial charge in [-0.2, -0.15) is 5.26 Å². The highest BCUT2D eigenvalue weighted by Gasteiger charge is 2.07. The van der Waals surface area contributed by atoms with Gasteiger partial charge in [-0.3, -0.25) is 0 Å². The van der Waals surface area contributed by atoms with Crippen LogP contribution in [0.15, 0.2) is 36.4 Å². The van der Waals surface area contributed by atoms with E-state index in [1.807, 2.05) is 0 Å². The molecule has 5 heteroatoms. The minimum atomic E-state index is -0.550. The number of hydrogen-bond acceptors (Lipinski definition) is 2. The summed E-state index contributed by atoms with van der Waals surface area (Å²) in [7, 11) is 0. The molecule has 2 nitrogen and oxygen atoms in total. The van der Waals surface area contributed by atoms with Crippen LogP contribution < -0.4 is 5.32 Å². The molecule has 2 aromatic rings. The molecule has 0 spiro atoms. The van der Waals surface area contributed by atoms with Gasteiger partial charge in [0.2, 0.25) is 0 Å². The maximum absolute atomic E-state index is 13.8. The second-order valence-electron chi connectivity index (χ2n) is 3.87. The highest BCUT2D eigenvalue weighted by Crippen LogP contribution is 2.20. The summed E-state index contributed by atoms with van der Waals surface area (Å²) in [6.07, 6.45) is 0. The zero-order valence-electron chi connectivity index (χ0n) is 9.75. The van der Waals surface area contributed by atoms with Crippen molar-refractivity contribution >= 4 is 17.3 Å². The second kappa shape index (κ2) is 5.68. The highest BCUT2D eigenvalue weighted by molar-refractivity contribution is 6.31. The van der Waals surface area contributed by atoms with Gasteiger partial charge in [-0.25, -0.2) is 8.78 Å². The van der Waals surface area contributed by atoms with Gasteiger partial charge in [0.15, 0.2) is 0 Å². The van der Waals surface area contributed by atoms with E-state index >= 15 is 0 Å². The predicted molar refractivity (Wildman–Crippen MR) is 69.9 cm³/mol. The molecule has 0 aliphatic carbocycles. The maximum atomic E-state index is 13.8. The molecule has 1 N–H and O–H groups in total. The van der Waals surface area contributed by atoms with Crippen LogP contribution in [0.3, 0.4) is 0 Å². The Balaban J connectivity index is 2.15. The molecule has 0 heterocycles. The van der Waals surface area contributed by atoms with E-state index in [-0.39, 0.29) is 17.1 Å². The van der Waals surface area contributed by atoms with E-state index < -0.39 is 11.6 Å². The molecular formula is C14H9ClF2N2. The Morgan fingerprint density at radius 3 is 2.68 bits per heavy atom. The average Bonchev–Trinajstić information content (AvgIpc) is 2.41. The molecule has 2 rings (SSSR count). The van der Waals surface area contributed by atoms with E-state index in [2.05, 4.69) is 5.32 Å². The lowest BCUT2D eigenvalue weighted by Crippen LogP contribution is -2.03. The van der Waals surface area contributed by atoms with Gasteiger partial charge in [0.25, 0.3) is 0 Å². The van der Waals surface area contributed by atoms with Crippen molar-refractivity contribution in [1.82, 2.24) is 0 Å². The van der Waals surface area contributed by atoms with Gasteiger partial charge in [0.1, 0.15) is 17.7 Å². The second-order valence-corrected chi connectivity index (χ2v) is 4.28. The lowest BCUT2D eigenvalue weighted by Gasteiger charge is -2.08. The molecule has 0 bridgehead atoms. The molecule has 96 valence electrons. The van der Waals surface area contributed by atoms with Crippen LogP contribution in [0.25, 0.3) is 0 Å². The Morgan fingerprint density at radius 1 is 1.21 bits per heavy atom. The summed E-state index contributed by atoms with van der Waals surface area (Å²) in [5.41, 5.74) is 0.934. The van der Waals surface area contributed by atoms with E-state index in [9.17, 15) is 8.78 Å². The molecule has 19 heavy (non-hydrogen) atoms. The molecule has 0 radical (unpaired) electrons. The van der Waals surface area contributed by atoms with Crippen LogP contribution in [0.1, 0.15) is 11.1 Å². The zero-order chi connectivity index (χ0) is 13.8. The van der Waals surface area contributed by atoms with Crippen molar-refractivity contribution < 1.29 is 8.78 Å². The molecule has 0 aliphatic rings. The fraction of sp³-hybridized carbons (Fsp3) is 0.0714. The minimum absolute atomic E-state index is 0.00330. The Hall–Kier alpha value is -2.12. The summed E-state index contributed by atoms with van der Waals surface area (Å²) < 4.78 is 26.7. The Morgan fingerprint density at radius 2 is 2.00 bits per heavy atom. The lowest BCUT2D eigenvalue weighted by atomic mass is 10.1. The molecule has 0 saturated heterocycles. The van der Waals surface area contributed by atoms with Crippen molar-refractivity contribution in [1.29, 1.82) is 5.26 Å². The van der Waals surface area contributed by atoms with Crippen LogP contribution in [0.5, 0.6) is 0 Å². The highest BCUT2D eigenvalue weighted by atomic mass is 35.5. The number of nitriles is 1. The summed E-state index contributed by atoms with van der Waals surface area (Å²) in [5, 5.41) is 11.6. The summed E-state index contributed by atoms with van der Waals surface area (Å²) >= 11 is 5.64. The molecule has 0 saturated carbocycles. The van der Waals surface area contributed by atoms with Gasteiger partial charge >= 0.3 is 0 Å². The van der Waals surface area contributed by atoms with Crippen LogP contribution in [0.2, 0.25) is 5.02 Å². The Kier molecular flexibility index (Phi) is 3.98. The number of halogens is 3. The van der Waals surface area contributed by atoms with Crippen LogP contribution in [0, 0.1) is 23.0 Å². The first kappa shape index (κ1) is 13.3. The number of benzene rings is 2. The zero-order valence-corrected chi connectivity index (χ0v) is 10.5. The largest absolute Gasteiger partial charge is 0.381 e. The van der Waals surface area contributed by atoms with Crippen LogP contribution >= 0.6 is 11.6 Å². The number of nitrogens with one attached hydrogen (secondary N) is 1. The Bertz CT molecular complexity index is 650. The molecule has 0 atom stereocenters. The van der Waals surface area contributed by atoms with Gasteiger partial charge < -0.3 is 5.32 Å². The molecule has 0 unspecified atom stereocenters. The Labute approximate surface area is 114 Å². The van der Waals surface area contributed by atoms with Gasteiger partial charge in [-0.05, 0) is 24.3 Å². The first-order valence-corrected chi connectivity index (χ1v) is 5.86. The summed E-state index contributed by atoms with van der Waals surface area (Å²) in [6, 6.07) is 10.5. The number of anilines is 1.